The highest BCUT2D eigenvalue weighted by Gasteiger charge is 2.34. The fourth-order valence-electron chi connectivity index (χ4n) is 3.12. The second kappa shape index (κ2) is 10.4. The molecule has 0 aliphatic carbocycles. The quantitative estimate of drug-likeness (QED) is 0.358. The summed E-state index contributed by atoms with van der Waals surface area (Å²) in [5.74, 6) is -1.50. The molecule has 0 aromatic carbocycles. The minimum Gasteiger partial charge on any atom is -0.488 e. The van der Waals surface area contributed by atoms with Crippen LogP contribution in [0.25, 0.3) is 0 Å². The molecular weight excluding hydrogens is 466 g/mol. The maximum absolute atomic E-state index is 12.7. The number of aromatic nitrogens is 2. The van der Waals surface area contributed by atoms with Gasteiger partial charge in [0.2, 0.25) is 21.9 Å². The Bertz CT molecular complexity index is 1160. The van der Waals surface area contributed by atoms with E-state index >= 15 is 0 Å². The van der Waals surface area contributed by atoms with Crippen molar-refractivity contribution in [1.82, 2.24) is 15.1 Å². The first-order chi connectivity index (χ1) is 15.7. The Hall–Kier alpha value is -3.52. The fraction of sp³-hybridized carbons (Fsp3) is 0.368. The van der Waals surface area contributed by atoms with Crippen LogP contribution in [0.1, 0.15) is 23.9 Å². The highest BCUT2D eigenvalue weighted by molar-refractivity contribution is 7.18. The molecule has 2 aromatic heterocycles. The van der Waals surface area contributed by atoms with Crippen LogP contribution in [-0.4, -0.2) is 69.2 Å². The van der Waals surface area contributed by atoms with Gasteiger partial charge in [0.1, 0.15) is 0 Å². The van der Waals surface area contributed by atoms with Crippen LogP contribution in [0.2, 0.25) is 0 Å². The van der Waals surface area contributed by atoms with Crippen molar-refractivity contribution in [3.05, 3.63) is 34.5 Å². The van der Waals surface area contributed by atoms with Gasteiger partial charge in [-0.25, -0.2) is 9.79 Å². The summed E-state index contributed by atoms with van der Waals surface area (Å²) in [5, 5.41) is 13.7. The number of anilines is 2. The summed E-state index contributed by atoms with van der Waals surface area (Å²) >= 11 is 1.03. The monoisotopic (exact) mass is 488 g/mol. The number of rotatable bonds is 8. The van der Waals surface area contributed by atoms with E-state index in [2.05, 4.69) is 36.1 Å². The first-order valence-corrected chi connectivity index (χ1v) is 11.2. The van der Waals surface area contributed by atoms with Gasteiger partial charge in [-0.05, 0) is 25.6 Å². The van der Waals surface area contributed by atoms with Crippen LogP contribution in [0.3, 0.4) is 0 Å². The van der Waals surface area contributed by atoms with Crippen molar-refractivity contribution in [3.8, 4) is 5.75 Å². The normalized spacial score (nSPS) is 17.5. The molecule has 14 heteroatoms. The molecule has 3 heterocycles. The molecule has 0 bridgehead atoms. The van der Waals surface area contributed by atoms with Crippen LogP contribution in [0.15, 0.2) is 32.5 Å². The van der Waals surface area contributed by atoms with E-state index in [0.717, 1.165) is 11.3 Å². The highest BCUT2D eigenvalue weighted by atomic mass is 32.1. The number of carbonyl (C=O) groups excluding carboxylic acids is 2. The van der Waals surface area contributed by atoms with Gasteiger partial charge in [-0.3, -0.25) is 14.9 Å². The highest BCUT2D eigenvalue weighted by Crippen LogP contribution is 2.27. The maximum Gasteiger partial charge on any atom is 0.381 e. The molecule has 12 nitrogen and oxygen atoms in total. The Balaban J connectivity index is 1.80. The van der Waals surface area contributed by atoms with Crippen LogP contribution in [0.5, 0.6) is 5.75 Å². The van der Waals surface area contributed by atoms with E-state index in [-0.39, 0.29) is 34.2 Å². The number of aliphatic imine (C=N–C) groups is 1. The number of hydrogen-bond acceptors (Lipinski definition) is 11. The van der Waals surface area contributed by atoms with Gasteiger partial charge >= 0.3 is 5.63 Å². The molecule has 33 heavy (non-hydrogen) atoms. The van der Waals surface area contributed by atoms with E-state index in [4.69, 9.17) is 14.9 Å². The van der Waals surface area contributed by atoms with Gasteiger partial charge in [0.05, 0.1) is 29.0 Å². The zero-order valence-electron chi connectivity index (χ0n) is 18.1. The van der Waals surface area contributed by atoms with Gasteiger partial charge in [-0.2, -0.15) is 0 Å². The predicted molar refractivity (Wildman–Crippen MR) is 124 cm³/mol. The lowest BCUT2D eigenvalue weighted by Crippen LogP contribution is -2.36. The van der Waals surface area contributed by atoms with E-state index < -0.39 is 17.2 Å². The predicted octanol–water partition coefficient (Wildman–Crippen LogP) is 0.702. The minimum absolute atomic E-state index is 0.0330. The molecule has 0 spiro atoms. The fourth-order valence-corrected chi connectivity index (χ4v) is 4.25. The number of nitrogens with two attached hydrogens (primary N) is 1. The Morgan fingerprint density at radius 2 is 2.24 bits per heavy atom. The molecule has 3 radical (unpaired) electrons. The Kier molecular flexibility index (Phi) is 7.60. The average Bonchev–Trinajstić information content (AvgIpc) is 3.33. The lowest BCUT2D eigenvalue weighted by atomic mass is 10.1. The third kappa shape index (κ3) is 5.64. The van der Waals surface area contributed by atoms with Gasteiger partial charge < -0.3 is 25.1 Å². The molecule has 2 aromatic rings. The molecule has 1 unspecified atom stereocenters. The standard InChI is InChI=1S/C19H22N7O5SSi/c1-9(4-6-20)21-18-24-25-19(32-18)23-14(27)12-8-11(13(30-3)17(29)31-12)22-15(33)10-5-7-26(2)16(10)28/h4,6,8,10,15,22H,5,7,20H2,1-3H3,(H,23,25,27)/t10-,15?/m1/s1. The van der Waals surface area contributed by atoms with E-state index in [1.54, 1.807) is 24.9 Å². The van der Waals surface area contributed by atoms with E-state index in [1.165, 1.54) is 19.4 Å². The summed E-state index contributed by atoms with van der Waals surface area (Å²) in [6, 6.07) is 1.32. The van der Waals surface area contributed by atoms with Crippen LogP contribution >= 0.6 is 11.3 Å². The first-order valence-electron chi connectivity index (χ1n) is 9.76. The number of likely N-dealkylation sites (tertiary alicyclic amines) is 1. The van der Waals surface area contributed by atoms with Crippen molar-refractivity contribution < 1.29 is 18.7 Å². The van der Waals surface area contributed by atoms with Crippen molar-refractivity contribution in [3.63, 3.8) is 0 Å². The number of ether oxygens (including phenoxy) is 1. The van der Waals surface area contributed by atoms with Gasteiger partial charge in [0.25, 0.3) is 5.91 Å². The van der Waals surface area contributed by atoms with E-state index in [9.17, 15) is 14.4 Å². The molecule has 1 aliphatic rings. The van der Waals surface area contributed by atoms with Crippen molar-refractivity contribution in [2.24, 2.45) is 16.6 Å². The molecule has 1 aliphatic heterocycles. The molecule has 2 atom stereocenters. The summed E-state index contributed by atoms with van der Waals surface area (Å²) in [6.45, 7) is 2.36. The second-order valence-corrected chi connectivity index (χ2v) is 8.66. The van der Waals surface area contributed by atoms with Crippen LogP contribution < -0.4 is 26.7 Å². The summed E-state index contributed by atoms with van der Waals surface area (Å²) in [4.78, 5) is 43.2. The zero-order chi connectivity index (χ0) is 24.1. The average molecular weight is 489 g/mol. The largest absolute Gasteiger partial charge is 0.488 e. The molecule has 0 saturated carbocycles. The Morgan fingerprint density at radius 1 is 1.48 bits per heavy atom. The molecule has 173 valence electrons. The van der Waals surface area contributed by atoms with Crippen LogP contribution in [0, 0.1) is 5.92 Å². The summed E-state index contributed by atoms with van der Waals surface area (Å²) in [6.07, 6.45) is 3.57. The van der Waals surface area contributed by atoms with Crippen LogP contribution in [-0.2, 0) is 4.79 Å². The van der Waals surface area contributed by atoms with Gasteiger partial charge in [0.15, 0.2) is 5.76 Å². The third-order valence-electron chi connectivity index (χ3n) is 4.76. The Labute approximate surface area is 196 Å². The number of methoxy groups -OCH3 is 1. The SMILES string of the molecule is COc1c(NC([Si])[C@H]2CCN(C)C2=O)cc(C(=O)Nc2nnc(N=C(C)C=CN)s2)oc1=O. The lowest BCUT2D eigenvalue weighted by Gasteiger charge is -2.21. The third-order valence-corrected chi connectivity index (χ3v) is 6.04. The second-order valence-electron chi connectivity index (χ2n) is 7.08. The van der Waals surface area contributed by atoms with Crippen molar-refractivity contribution >= 4 is 55.1 Å². The lowest BCUT2D eigenvalue weighted by molar-refractivity contribution is -0.129. The smallest absolute Gasteiger partial charge is 0.381 e. The molecule has 1 fully saturated rings. The van der Waals surface area contributed by atoms with E-state index in [1.807, 2.05) is 0 Å². The van der Waals surface area contributed by atoms with Gasteiger partial charge in [-0.1, -0.05) is 11.3 Å². The van der Waals surface area contributed by atoms with Gasteiger partial charge in [-0.15, -0.1) is 10.2 Å². The van der Waals surface area contributed by atoms with E-state index in [0.29, 0.717) is 23.8 Å². The van der Waals surface area contributed by atoms with Crippen LogP contribution in [0.4, 0.5) is 16.0 Å². The topological polar surface area (TPSA) is 165 Å². The summed E-state index contributed by atoms with van der Waals surface area (Å²) < 4.78 is 10.2. The number of amides is 2. The van der Waals surface area contributed by atoms with Crippen molar-refractivity contribution in [2.75, 3.05) is 31.3 Å². The van der Waals surface area contributed by atoms with Gasteiger partial charge in [0, 0.05) is 31.0 Å². The summed E-state index contributed by atoms with van der Waals surface area (Å²) in [7, 11) is 6.55. The number of allylic oxidation sites excluding steroid dienone is 1. The summed E-state index contributed by atoms with van der Waals surface area (Å²) in [5.41, 5.74) is 4.78. The number of nitrogens with one attached hydrogen (secondary N) is 2. The molecule has 4 N–H and O–H groups in total. The molecular formula is C19H22N7O5SSi. The molecule has 3 rings (SSSR count). The van der Waals surface area contributed by atoms with Crippen molar-refractivity contribution in [1.29, 1.82) is 0 Å². The maximum atomic E-state index is 12.7. The minimum atomic E-state index is -0.854. The zero-order valence-corrected chi connectivity index (χ0v) is 19.9. The number of nitrogens with zero attached hydrogens (tertiary/aromatic N) is 4. The molecule has 1 saturated heterocycles. The van der Waals surface area contributed by atoms with Crippen molar-refractivity contribution in [2.45, 2.75) is 19.0 Å². The Morgan fingerprint density at radius 3 is 2.88 bits per heavy atom. The number of hydrogen-bond donors (Lipinski definition) is 3. The number of carbonyl (C=O) groups is 2. The first kappa shape index (κ1) is 24.1. The molecule has 2 amide bonds.